The summed E-state index contributed by atoms with van der Waals surface area (Å²) in [6, 6.07) is 1.30. The van der Waals surface area contributed by atoms with Gasteiger partial charge in [-0.3, -0.25) is 4.79 Å². The molecule has 0 spiro atoms. The Bertz CT molecular complexity index is 534. The van der Waals surface area contributed by atoms with Crippen LogP contribution in [-0.2, 0) is 4.74 Å². The van der Waals surface area contributed by atoms with Crippen molar-refractivity contribution in [2.24, 2.45) is 0 Å². The topological polar surface area (TPSA) is 58.6 Å². The Morgan fingerprint density at radius 3 is 2.61 bits per heavy atom. The lowest BCUT2D eigenvalue weighted by Crippen LogP contribution is -2.26. The van der Waals surface area contributed by atoms with Crippen LogP contribution in [0.4, 0.5) is 0 Å². The lowest BCUT2D eigenvalue weighted by Gasteiger charge is -2.21. The van der Waals surface area contributed by atoms with E-state index in [9.17, 15) is 9.90 Å². The second kappa shape index (κ2) is 8.97. The number of nitrogens with one attached hydrogen (secondary N) is 1. The molecule has 2 N–H and O–H groups in total. The summed E-state index contributed by atoms with van der Waals surface area (Å²) in [6.45, 7) is 1.02. The molecule has 0 aliphatic heterocycles. The van der Waals surface area contributed by atoms with Gasteiger partial charge < -0.3 is 15.2 Å². The lowest BCUT2D eigenvalue weighted by molar-refractivity contribution is 0.0273. The number of benzene rings is 1. The molecule has 0 unspecified atom stereocenters. The number of carbonyl (C=O) groups is 1. The number of carbonyl (C=O) groups excluding carboxylic acids is 1. The molecular formula is C16H20Cl3NO3. The second-order valence-electron chi connectivity index (χ2n) is 5.62. The zero-order valence-electron chi connectivity index (χ0n) is 12.7. The maximum absolute atomic E-state index is 12.1. The molecule has 1 aliphatic rings. The minimum Gasteiger partial charge on any atom is -0.505 e. The third kappa shape index (κ3) is 5.15. The minimum absolute atomic E-state index is 0.00909. The second-order valence-corrected chi connectivity index (χ2v) is 6.81. The van der Waals surface area contributed by atoms with Gasteiger partial charge in [0.25, 0.3) is 5.91 Å². The van der Waals surface area contributed by atoms with E-state index in [-0.39, 0.29) is 26.4 Å². The summed E-state index contributed by atoms with van der Waals surface area (Å²) in [7, 11) is 0. The first kappa shape index (κ1) is 18.7. The first-order chi connectivity index (χ1) is 11.0. The largest absolute Gasteiger partial charge is 0.505 e. The van der Waals surface area contributed by atoms with Gasteiger partial charge in [-0.2, -0.15) is 0 Å². The van der Waals surface area contributed by atoms with Gasteiger partial charge >= 0.3 is 0 Å². The highest BCUT2D eigenvalue weighted by atomic mass is 35.5. The van der Waals surface area contributed by atoms with Crippen LogP contribution >= 0.6 is 34.8 Å². The Morgan fingerprint density at radius 1 is 1.22 bits per heavy atom. The van der Waals surface area contributed by atoms with Crippen LogP contribution in [-0.4, -0.2) is 30.3 Å². The number of aromatic hydroxyl groups is 1. The molecule has 1 aromatic carbocycles. The lowest BCUT2D eigenvalue weighted by atomic mass is 9.98. The van der Waals surface area contributed by atoms with E-state index in [4.69, 9.17) is 39.5 Å². The molecule has 2 rings (SSSR count). The maximum Gasteiger partial charge on any atom is 0.256 e. The molecule has 4 nitrogen and oxygen atoms in total. The van der Waals surface area contributed by atoms with Crippen molar-refractivity contribution in [2.75, 3.05) is 13.2 Å². The zero-order chi connectivity index (χ0) is 16.8. The van der Waals surface area contributed by atoms with Crippen molar-refractivity contribution < 1.29 is 14.6 Å². The van der Waals surface area contributed by atoms with Crippen molar-refractivity contribution in [1.29, 1.82) is 0 Å². The average Bonchev–Trinajstić information content (AvgIpc) is 2.54. The average molecular weight is 381 g/mol. The molecule has 1 saturated carbocycles. The number of ether oxygens (including phenoxy) is 1. The first-order valence-electron chi connectivity index (χ1n) is 7.77. The van der Waals surface area contributed by atoms with Gasteiger partial charge in [0.2, 0.25) is 0 Å². The van der Waals surface area contributed by atoms with Crippen LogP contribution in [0.25, 0.3) is 0 Å². The van der Waals surface area contributed by atoms with Crippen molar-refractivity contribution in [3.63, 3.8) is 0 Å². The van der Waals surface area contributed by atoms with E-state index < -0.39 is 5.91 Å². The normalized spacial score (nSPS) is 15.6. The number of halogens is 3. The van der Waals surface area contributed by atoms with Gasteiger partial charge in [-0.05, 0) is 25.3 Å². The van der Waals surface area contributed by atoms with Crippen LogP contribution in [0.5, 0.6) is 5.75 Å². The Morgan fingerprint density at radius 2 is 1.91 bits per heavy atom. The Hall–Kier alpha value is -0.680. The zero-order valence-corrected chi connectivity index (χ0v) is 15.0. The molecule has 0 radical (unpaired) electrons. The monoisotopic (exact) mass is 379 g/mol. The molecular weight excluding hydrogens is 361 g/mol. The number of rotatable bonds is 6. The smallest absolute Gasteiger partial charge is 0.256 e. The molecule has 7 heteroatoms. The summed E-state index contributed by atoms with van der Waals surface area (Å²) in [5.41, 5.74) is -0.0997. The molecule has 0 saturated heterocycles. The summed E-state index contributed by atoms with van der Waals surface area (Å²) in [5, 5.41) is 12.7. The minimum atomic E-state index is -0.505. The van der Waals surface area contributed by atoms with Crippen LogP contribution < -0.4 is 5.32 Å². The van der Waals surface area contributed by atoms with E-state index in [0.29, 0.717) is 25.7 Å². The predicted molar refractivity (Wildman–Crippen MR) is 92.9 cm³/mol. The van der Waals surface area contributed by atoms with Gasteiger partial charge in [0.05, 0.1) is 21.2 Å². The summed E-state index contributed by atoms with van der Waals surface area (Å²) >= 11 is 17.7. The van der Waals surface area contributed by atoms with Gasteiger partial charge in [0.15, 0.2) is 0 Å². The summed E-state index contributed by atoms with van der Waals surface area (Å²) in [5.74, 6) is -0.869. The standard InChI is InChI=1S/C16H20Cl3NO3/c17-11-9-12(18)15(21)13(14(11)19)16(22)20-7-4-8-23-10-5-2-1-3-6-10/h9-10,21H,1-8H2,(H,20,22). The van der Waals surface area contributed by atoms with E-state index in [1.54, 1.807) is 0 Å². The number of hydrogen-bond acceptors (Lipinski definition) is 3. The van der Waals surface area contributed by atoms with E-state index >= 15 is 0 Å². The van der Waals surface area contributed by atoms with Gasteiger partial charge in [0.1, 0.15) is 11.3 Å². The van der Waals surface area contributed by atoms with E-state index in [0.717, 1.165) is 12.8 Å². The molecule has 0 bridgehead atoms. The Balaban J connectivity index is 1.79. The van der Waals surface area contributed by atoms with Crippen LogP contribution in [0.2, 0.25) is 15.1 Å². The van der Waals surface area contributed by atoms with Crippen LogP contribution in [0.3, 0.4) is 0 Å². The van der Waals surface area contributed by atoms with Crippen molar-refractivity contribution in [2.45, 2.75) is 44.6 Å². The fraction of sp³-hybridized carbons (Fsp3) is 0.562. The SMILES string of the molecule is O=C(NCCCOC1CCCCC1)c1c(O)c(Cl)cc(Cl)c1Cl. The molecule has 1 fully saturated rings. The molecule has 0 heterocycles. The third-order valence-corrected chi connectivity index (χ3v) is 4.96. The number of hydrogen-bond donors (Lipinski definition) is 2. The highest BCUT2D eigenvalue weighted by Crippen LogP contribution is 2.38. The molecule has 0 aromatic heterocycles. The number of phenolic OH excluding ortho intramolecular Hbond substituents is 1. The van der Waals surface area contributed by atoms with Crippen molar-refractivity contribution >= 4 is 40.7 Å². The van der Waals surface area contributed by atoms with E-state index in [1.807, 2.05) is 0 Å². The molecule has 1 aromatic rings. The van der Waals surface area contributed by atoms with E-state index in [2.05, 4.69) is 5.32 Å². The Kier molecular flexibility index (Phi) is 7.28. The Labute approximate surface area is 151 Å². The number of amides is 1. The van der Waals surface area contributed by atoms with Gasteiger partial charge in [0, 0.05) is 13.2 Å². The summed E-state index contributed by atoms with van der Waals surface area (Å²) in [6.07, 6.45) is 7.04. The fourth-order valence-corrected chi connectivity index (χ4v) is 3.33. The van der Waals surface area contributed by atoms with Crippen LogP contribution in [0.1, 0.15) is 48.9 Å². The molecule has 128 valence electrons. The van der Waals surface area contributed by atoms with Crippen molar-refractivity contribution in [3.05, 3.63) is 26.7 Å². The van der Waals surface area contributed by atoms with Gasteiger partial charge in [-0.15, -0.1) is 0 Å². The van der Waals surface area contributed by atoms with E-state index in [1.165, 1.54) is 25.3 Å². The fourth-order valence-electron chi connectivity index (χ4n) is 2.64. The highest BCUT2D eigenvalue weighted by Gasteiger charge is 2.21. The van der Waals surface area contributed by atoms with Gasteiger partial charge in [-0.1, -0.05) is 54.1 Å². The maximum atomic E-state index is 12.1. The van der Waals surface area contributed by atoms with Crippen molar-refractivity contribution in [3.8, 4) is 5.75 Å². The number of phenols is 1. The first-order valence-corrected chi connectivity index (χ1v) is 8.90. The predicted octanol–water partition coefficient (Wildman–Crippen LogP) is 4.82. The quantitative estimate of drug-likeness (QED) is 0.549. The summed E-state index contributed by atoms with van der Waals surface area (Å²) < 4.78 is 5.79. The molecule has 1 amide bonds. The van der Waals surface area contributed by atoms with Gasteiger partial charge in [-0.25, -0.2) is 0 Å². The molecule has 1 aliphatic carbocycles. The van der Waals surface area contributed by atoms with Crippen molar-refractivity contribution in [1.82, 2.24) is 5.32 Å². The molecule has 23 heavy (non-hydrogen) atoms. The third-order valence-electron chi connectivity index (χ3n) is 3.89. The highest BCUT2D eigenvalue weighted by molar-refractivity contribution is 6.45. The summed E-state index contributed by atoms with van der Waals surface area (Å²) in [4.78, 5) is 12.1. The van der Waals surface area contributed by atoms with Crippen LogP contribution in [0.15, 0.2) is 6.07 Å². The van der Waals surface area contributed by atoms with Crippen LogP contribution in [0, 0.1) is 0 Å². The molecule has 0 atom stereocenters.